The largest absolute Gasteiger partial charge is 0.384 e. The number of hydrogen-bond acceptors (Lipinski definition) is 5. The minimum atomic E-state index is -3.64. The highest BCUT2D eigenvalue weighted by atomic mass is 32.2. The predicted octanol–water partition coefficient (Wildman–Crippen LogP) is 2.40. The van der Waals surface area contributed by atoms with Gasteiger partial charge in [0.1, 0.15) is 0 Å². The molecule has 0 aliphatic heterocycles. The quantitative estimate of drug-likeness (QED) is 0.541. The van der Waals surface area contributed by atoms with Crippen LogP contribution in [0.4, 0.5) is 0 Å². The van der Waals surface area contributed by atoms with Crippen molar-refractivity contribution in [3.8, 4) is 0 Å². The molecule has 3 aromatic rings. The Hall–Kier alpha value is -2.32. The van der Waals surface area contributed by atoms with E-state index in [-0.39, 0.29) is 10.9 Å². The lowest BCUT2D eigenvalue weighted by atomic mass is 9.96. The lowest BCUT2D eigenvalue weighted by molar-refractivity contribution is 0.0568. The van der Waals surface area contributed by atoms with Gasteiger partial charge in [-0.25, -0.2) is 13.1 Å². The summed E-state index contributed by atoms with van der Waals surface area (Å²) in [5, 5.41) is 15.5. The molecule has 3 rings (SSSR count). The molecule has 1 aromatic heterocycles. The third-order valence-corrected chi connectivity index (χ3v) is 6.18. The molecule has 28 heavy (non-hydrogen) atoms. The molecule has 0 saturated heterocycles. The fourth-order valence-electron chi connectivity index (χ4n) is 3.03. The summed E-state index contributed by atoms with van der Waals surface area (Å²) in [6.07, 6.45) is 3.33. The van der Waals surface area contributed by atoms with Crippen molar-refractivity contribution in [3.05, 3.63) is 72.6 Å². The zero-order chi connectivity index (χ0) is 20.2. The highest BCUT2D eigenvalue weighted by Crippen LogP contribution is 2.20. The first-order valence-electron chi connectivity index (χ1n) is 9.13. The maximum atomic E-state index is 12.7. The molecule has 0 aliphatic carbocycles. The van der Waals surface area contributed by atoms with Gasteiger partial charge in [-0.05, 0) is 43.0 Å². The van der Waals surface area contributed by atoms with Gasteiger partial charge in [0.15, 0.2) is 0 Å². The van der Waals surface area contributed by atoms with E-state index in [0.29, 0.717) is 13.1 Å². The second kappa shape index (κ2) is 8.36. The Bertz CT molecular complexity index is 1040. The lowest BCUT2D eigenvalue weighted by Gasteiger charge is -2.25. The van der Waals surface area contributed by atoms with Gasteiger partial charge in [-0.2, -0.15) is 0 Å². The molecule has 0 saturated carbocycles. The second-order valence-corrected chi connectivity index (χ2v) is 8.89. The molecule has 0 fully saturated rings. The summed E-state index contributed by atoms with van der Waals surface area (Å²) in [5.41, 5.74) is -0.229. The average molecular weight is 400 g/mol. The normalized spacial score (nSPS) is 15.2. The van der Waals surface area contributed by atoms with Gasteiger partial charge in [0.05, 0.1) is 10.5 Å². The smallest absolute Gasteiger partial charge is 0.240 e. The SMILES string of the molecule is C[C@H](CNC[C@@](C)(O)c1ccccc1)NS(=O)(=O)c1ccc2cnccc2c1. The van der Waals surface area contributed by atoms with Gasteiger partial charge in [-0.15, -0.1) is 0 Å². The molecule has 2 atom stereocenters. The standard InChI is InChI=1S/C21H25N3O3S/c1-16(13-23-15-21(2,25)19-6-4-3-5-7-19)24-28(26,27)20-9-8-18-14-22-11-10-17(18)12-20/h3-12,14,16,23-25H,13,15H2,1-2H3/t16-,21-/m1/s1. The number of nitrogens with zero attached hydrogens (tertiary/aromatic N) is 1. The molecule has 0 amide bonds. The molecule has 0 spiro atoms. The molecular weight excluding hydrogens is 374 g/mol. The van der Waals surface area contributed by atoms with E-state index in [1.165, 1.54) is 0 Å². The lowest BCUT2D eigenvalue weighted by Crippen LogP contribution is -2.44. The van der Waals surface area contributed by atoms with Gasteiger partial charge < -0.3 is 10.4 Å². The van der Waals surface area contributed by atoms with Gasteiger partial charge in [-0.3, -0.25) is 4.98 Å². The molecule has 0 bridgehead atoms. The maximum Gasteiger partial charge on any atom is 0.240 e. The van der Waals surface area contributed by atoms with Crippen LogP contribution in [0.25, 0.3) is 10.8 Å². The van der Waals surface area contributed by atoms with Crippen LogP contribution in [-0.4, -0.2) is 37.6 Å². The summed E-state index contributed by atoms with van der Waals surface area (Å²) in [4.78, 5) is 4.25. The Morgan fingerprint density at radius 1 is 1.11 bits per heavy atom. The van der Waals surface area contributed by atoms with Gasteiger partial charge in [0, 0.05) is 36.9 Å². The highest BCUT2D eigenvalue weighted by Gasteiger charge is 2.23. The van der Waals surface area contributed by atoms with Crippen molar-refractivity contribution in [1.82, 2.24) is 15.0 Å². The fraction of sp³-hybridized carbons (Fsp3) is 0.286. The number of benzene rings is 2. The molecule has 148 valence electrons. The molecule has 7 heteroatoms. The van der Waals surface area contributed by atoms with Crippen LogP contribution in [0.3, 0.4) is 0 Å². The van der Waals surface area contributed by atoms with E-state index in [2.05, 4.69) is 15.0 Å². The first-order valence-corrected chi connectivity index (χ1v) is 10.6. The van der Waals surface area contributed by atoms with E-state index >= 15 is 0 Å². The van der Waals surface area contributed by atoms with Crippen molar-refractivity contribution < 1.29 is 13.5 Å². The zero-order valence-electron chi connectivity index (χ0n) is 16.0. The van der Waals surface area contributed by atoms with Crippen molar-refractivity contribution in [3.63, 3.8) is 0 Å². The number of rotatable bonds is 8. The van der Waals surface area contributed by atoms with Gasteiger partial charge in [0.2, 0.25) is 10.0 Å². The molecule has 6 nitrogen and oxygen atoms in total. The number of aliphatic hydroxyl groups is 1. The van der Waals surface area contributed by atoms with Crippen molar-refractivity contribution in [2.75, 3.05) is 13.1 Å². The van der Waals surface area contributed by atoms with Crippen LogP contribution in [0.5, 0.6) is 0 Å². The first kappa shape index (κ1) is 20.4. The topological polar surface area (TPSA) is 91.3 Å². The van der Waals surface area contributed by atoms with Gasteiger partial charge >= 0.3 is 0 Å². The Morgan fingerprint density at radius 2 is 1.86 bits per heavy atom. The molecule has 0 aliphatic rings. The van der Waals surface area contributed by atoms with Crippen LogP contribution >= 0.6 is 0 Å². The van der Waals surface area contributed by atoms with Crippen LogP contribution in [0.1, 0.15) is 19.4 Å². The number of sulfonamides is 1. The molecular formula is C21H25N3O3S. The van der Waals surface area contributed by atoms with E-state index in [1.54, 1.807) is 50.5 Å². The van der Waals surface area contributed by atoms with Crippen molar-refractivity contribution in [2.24, 2.45) is 0 Å². The Kier molecular flexibility index (Phi) is 6.10. The van der Waals surface area contributed by atoms with Crippen molar-refractivity contribution >= 4 is 20.8 Å². The third kappa shape index (κ3) is 4.94. The minimum absolute atomic E-state index is 0.217. The molecule has 0 unspecified atom stereocenters. The Morgan fingerprint density at radius 3 is 2.61 bits per heavy atom. The fourth-order valence-corrected chi connectivity index (χ4v) is 4.31. The van der Waals surface area contributed by atoms with Crippen LogP contribution in [-0.2, 0) is 15.6 Å². The Balaban J connectivity index is 1.59. The van der Waals surface area contributed by atoms with Gasteiger partial charge in [0.25, 0.3) is 0 Å². The molecule has 2 aromatic carbocycles. The van der Waals surface area contributed by atoms with Crippen LogP contribution in [0.2, 0.25) is 0 Å². The van der Waals surface area contributed by atoms with Crippen LogP contribution in [0, 0.1) is 0 Å². The van der Waals surface area contributed by atoms with Crippen molar-refractivity contribution in [2.45, 2.75) is 30.4 Å². The number of nitrogens with one attached hydrogen (secondary N) is 2. The summed E-state index contributed by atoms with van der Waals surface area (Å²) in [5.74, 6) is 0. The molecule has 0 radical (unpaired) electrons. The third-order valence-electron chi connectivity index (χ3n) is 4.59. The summed E-state index contributed by atoms with van der Waals surface area (Å²) >= 11 is 0. The number of aromatic nitrogens is 1. The summed E-state index contributed by atoms with van der Waals surface area (Å²) in [6.45, 7) is 4.21. The molecule has 1 heterocycles. The highest BCUT2D eigenvalue weighted by molar-refractivity contribution is 7.89. The monoisotopic (exact) mass is 399 g/mol. The number of fused-ring (bicyclic) bond motifs is 1. The van der Waals surface area contributed by atoms with Crippen LogP contribution < -0.4 is 10.0 Å². The van der Waals surface area contributed by atoms with E-state index in [1.807, 2.05) is 30.3 Å². The number of hydrogen-bond donors (Lipinski definition) is 3. The summed E-state index contributed by atoms with van der Waals surface area (Å²) in [7, 11) is -3.64. The van der Waals surface area contributed by atoms with E-state index < -0.39 is 15.6 Å². The minimum Gasteiger partial charge on any atom is -0.384 e. The second-order valence-electron chi connectivity index (χ2n) is 7.18. The number of pyridine rings is 1. The maximum absolute atomic E-state index is 12.7. The predicted molar refractivity (Wildman–Crippen MR) is 110 cm³/mol. The van der Waals surface area contributed by atoms with Crippen LogP contribution in [0.15, 0.2) is 71.9 Å². The Labute approximate surface area is 165 Å². The zero-order valence-corrected chi connectivity index (χ0v) is 16.8. The summed E-state index contributed by atoms with van der Waals surface area (Å²) in [6, 6.07) is 15.8. The van der Waals surface area contributed by atoms with E-state index in [0.717, 1.165) is 16.3 Å². The summed E-state index contributed by atoms with van der Waals surface area (Å²) < 4.78 is 28.0. The van der Waals surface area contributed by atoms with Gasteiger partial charge in [-0.1, -0.05) is 36.4 Å². The molecule has 3 N–H and O–H groups in total. The van der Waals surface area contributed by atoms with E-state index in [9.17, 15) is 13.5 Å². The average Bonchev–Trinajstić information content (AvgIpc) is 2.67. The first-order chi connectivity index (χ1) is 13.3. The van der Waals surface area contributed by atoms with Crippen molar-refractivity contribution in [1.29, 1.82) is 0 Å². The van der Waals surface area contributed by atoms with E-state index in [4.69, 9.17) is 0 Å².